The van der Waals surface area contributed by atoms with E-state index in [1.807, 2.05) is 62.1 Å². The van der Waals surface area contributed by atoms with Crippen molar-refractivity contribution in [3.8, 4) is 11.5 Å². The van der Waals surface area contributed by atoms with Crippen molar-refractivity contribution >= 4 is 39.0 Å². The summed E-state index contributed by atoms with van der Waals surface area (Å²) in [7, 11) is -0.451. The number of hydrogen-bond acceptors (Lipinski definition) is 9. The van der Waals surface area contributed by atoms with Crippen LogP contribution in [0.1, 0.15) is 61.1 Å². The Morgan fingerprint density at radius 3 is 2.39 bits per heavy atom. The standard InChI is InChI=1S/C33H42N4O7S2/c1-33(2,3)44-32(39)36-18-16-35(17-19-36)27-10-6-9-24-25(27)22-37(31(24)38)26(23-13-14-28(42-4)29(21-23)43-5)11-7-15-34-46(40,41)30-12-8-20-45-30/h6,8-10,12-14,20-21,26,34H,7,11,15-19,22H2,1-5H3/t26-/m1/s1. The average Bonchev–Trinajstić information content (AvgIpc) is 3.69. The predicted octanol–water partition coefficient (Wildman–Crippen LogP) is 5.28. The number of nitrogens with one attached hydrogen (secondary N) is 1. The molecular formula is C33H42N4O7S2. The average molecular weight is 671 g/mol. The Hall–Kier alpha value is -3.81. The van der Waals surface area contributed by atoms with Crippen LogP contribution in [0.25, 0.3) is 0 Å². The highest BCUT2D eigenvalue weighted by molar-refractivity contribution is 7.91. The number of thiophene rings is 1. The van der Waals surface area contributed by atoms with Gasteiger partial charge >= 0.3 is 6.09 Å². The van der Waals surface area contributed by atoms with Crippen LogP contribution in [-0.4, -0.2) is 82.8 Å². The summed E-state index contributed by atoms with van der Waals surface area (Å²) >= 11 is 1.17. The number of anilines is 1. The van der Waals surface area contributed by atoms with Gasteiger partial charge in [-0.05, 0) is 74.9 Å². The summed E-state index contributed by atoms with van der Waals surface area (Å²) in [5.74, 6) is 1.05. The highest BCUT2D eigenvalue weighted by Crippen LogP contribution is 2.40. The first-order valence-corrected chi connectivity index (χ1v) is 17.7. The summed E-state index contributed by atoms with van der Waals surface area (Å²) in [5, 5.41) is 1.73. The molecule has 1 atom stereocenters. The van der Waals surface area contributed by atoms with Crippen molar-refractivity contribution in [2.75, 3.05) is 51.8 Å². The maximum atomic E-state index is 14.0. The fourth-order valence-electron chi connectivity index (χ4n) is 5.89. The predicted molar refractivity (Wildman–Crippen MR) is 177 cm³/mol. The van der Waals surface area contributed by atoms with Gasteiger partial charge < -0.3 is 28.9 Å². The first-order valence-electron chi connectivity index (χ1n) is 15.3. The second-order valence-electron chi connectivity index (χ2n) is 12.3. The van der Waals surface area contributed by atoms with Crippen molar-refractivity contribution in [3.05, 3.63) is 70.6 Å². The maximum absolute atomic E-state index is 14.0. The third-order valence-corrected chi connectivity index (χ3v) is 11.0. The van der Waals surface area contributed by atoms with Gasteiger partial charge in [-0.15, -0.1) is 11.3 Å². The first kappa shape index (κ1) is 33.6. The Balaban J connectivity index is 1.35. The maximum Gasteiger partial charge on any atom is 0.410 e. The highest BCUT2D eigenvalue weighted by atomic mass is 32.2. The third kappa shape index (κ3) is 7.42. The molecule has 11 nitrogen and oxygen atoms in total. The molecule has 3 aromatic rings. The van der Waals surface area contributed by atoms with Gasteiger partial charge in [0.15, 0.2) is 11.5 Å². The number of hydrogen-bond donors (Lipinski definition) is 1. The Morgan fingerprint density at radius 1 is 1.00 bits per heavy atom. The number of sulfonamides is 1. The molecule has 2 aliphatic rings. The molecule has 248 valence electrons. The molecule has 2 aromatic carbocycles. The monoisotopic (exact) mass is 670 g/mol. The SMILES string of the molecule is COc1ccc([C@@H](CCCNS(=O)(=O)c2cccs2)N2Cc3c(cccc3N3CCN(C(=O)OC(C)(C)C)CC3)C2=O)cc1OC. The zero-order chi connectivity index (χ0) is 33.1. The summed E-state index contributed by atoms with van der Waals surface area (Å²) in [6.07, 6.45) is 0.706. The minimum atomic E-state index is -3.60. The second kappa shape index (κ2) is 13.9. The second-order valence-corrected chi connectivity index (χ2v) is 15.2. The van der Waals surface area contributed by atoms with Gasteiger partial charge in [0.1, 0.15) is 9.81 Å². The molecule has 0 spiro atoms. The highest BCUT2D eigenvalue weighted by Gasteiger charge is 2.37. The number of carbonyl (C=O) groups excluding carboxylic acids is 2. The van der Waals surface area contributed by atoms with Gasteiger partial charge in [0.2, 0.25) is 10.0 Å². The van der Waals surface area contributed by atoms with E-state index in [-0.39, 0.29) is 28.8 Å². The van der Waals surface area contributed by atoms with Crippen molar-refractivity contribution in [2.45, 2.75) is 56.0 Å². The summed E-state index contributed by atoms with van der Waals surface area (Å²) < 4.78 is 44.9. The molecule has 0 bridgehead atoms. The molecule has 2 aliphatic heterocycles. The van der Waals surface area contributed by atoms with Crippen LogP contribution in [0.2, 0.25) is 0 Å². The Labute approximate surface area is 275 Å². The molecular weight excluding hydrogens is 629 g/mol. The molecule has 1 aromatic heterocycles. The largest absolute Gasteiger partial charge is 0.493 e. The molecule has 5 rings (SSSR count). The van der Waals surface area contributed by atoms with Crippen LogP contribution in [-0.2, 0) is 21.3 Å². The van der Waals surface area contributed by atoms with Gasteiger partial charge in [0.25, 0.3) is 5.91 Å². The van der Waals surface area contributed by atoms with Gasteiger partial charge in [-0.25, -0.2) is 17.9 Å². The fraction of sp³-hybridized carbons (Fsp3) is 0.455. The lowest BCUT2D eigenvalue weighted by molar-refractivity contribution is 0.0240. The van der Waals surface area contributed by atoms with E-state index < -0.39 is 15.6 Å². The summed E-state index contributed by atoms with van der Waals surface area (Å²) in [4.78, 5) is 32.5. The summed E-state index contributed by atoms with van der Waals surface area (Å²) in [6, 6.07) is 14.4. The van der Waals surface area contributed by atoms with E-state index in [0.717, 1.165) is 16.8 Å². The normalized spacial score (nSPS) is 15.9. The summed E-state index contributed by atoms with van der Waals surface area (Å²) in [5.41, 5.74) is 2.88. The first-order chi connectivity index (χ1) is 21.9. The Morgan fingerprint density at radius 2 is 1.74 bits per heavy atom. The molecule has 0 saturated carbocycles. The molecule has 0 aliphatic carbocycles. The number of fused-ring (bicyclic) bond motifs is 1. The minimum Gasteiger partial charge on any atom is -0.493 e. The zero-order valence-electron chi connectivity index (χ0n) is 26.9. The van der Waals surface area contributed by atoms with Crippen LogP contribution in [0, 0.1) is 0 Å². The minimum absolute atomic E-state index is 0.0804. The number of amides is 2. The lowest BCUT2D eigenvalue weighted by atomic mass is 9.99. The number of nitrogens with zero attached hydrogens (tertiary/aromatic N) is 3. The quantitative estimate of drug-likeness (QED) is 0.274. The third-order valence-electron chi connectivity index (χ3n) is 8.12. The lowest BCUT2D eigenvalue weighted by Crippen LogP contribution is -2.50. The number of methoxy groups -OCH3 is 2. The topological polar surface area (TPSA) is 118 Å². The molecule has 13 heteroatoms. The summed E-state index contributed by atoms with van der Waals surface area (Å²) in [6.45, 7) is 8.48. The van der Waals surface area contributed by atoms with E-state index in [0.29, 0.717) is 62.6 Å². The van der Waals surface area contributed by atoms with E-state index in [1.165, 1.54) is 11.3 Å². The van der Waals surface area contributed by atoms with Crippen LogP contribution >= 0.6 is 11.3 Å². The van der Waals surface area contributed by atoms with E-state index in [1.54, 1.807) is 36.6 Å². The van der Waals surface area contributed by atoms with E-state index in [2.05, 4.69) is 9.62 Å². The Bertz CT molecular complexity index is 1650. The fourth-order valence-corrected chi connectivity index (χ4v) is 8.01. The molecule has 1 N–H and O–H groups in total. The number of carbonyl (C=O) groups is 2. The van der Waals surface area contributed by atoms with Crippen molar-refractivity contribution in [1.82, 2.24) is 14.5 Å². The van der Waals surface area contributed by atoms with Gasteiger partial charge in [-0.2, -0.15) is 0 Å². The van der Waals surface area contributed by atoms with Gasteiger partial charge in [0, 0.05) is 56.1 Å². The molecule has 46 heavy (non-hydrogen) atoms. The van der Waals surface area contributed by atoms with Crippen LogP contribution < -0.4 is 19.1 Å². The Kier molecular flexibility index (Phi) is 10.1. The van der Waals surface area contributed by atoms with E-state index in [9.17, 15) is 18.0 Å². The van der Waals surface area contributed by atoms with Gasteiger partial charge in [-0.1, -0.05) is 18.2 Å². The molecule has 1 saturated heterocycles. The molecule has 0 radical (unpaired) electrons. The molecule has 2 amide bonds. The van der Waals surface area contributed by atoms with Crippen molar-refractivity contribution < 1.29 is 32.2 Å². The smallest absolute Gasteiger partial charge is 0.410 e. The van der Waals surface area contributed by atoms with Crippen molar-refractivity contribution in [1.29, 1.82) is 0 Å². The van der Waals surface area contributed by atoms with E-state index in [4.69, 9.17) is 14.2 Å². The van der Waals surface area contributed by atoms with E-state index >= 15 is 0 Å². The van der Waals surface area contributed by atoms with Crippen LogP contribution in [0.3, 0.4) is 0 Å². The zero-order valence-corrected chi connectivity index (χ0v) is 28.6. The van der Waals surface area contributed by atoms with Crippen LogP contribution in [0.5, 0.6) is 11.5 Å². The number of rotatable bonds is 11. The van der Waals surface area contributed by atoms with Crippen molar-refractivity contribution in [2.24, 2.45) is 0 Å². The molecule has 3 heterocycles. The van der Waals surface area contributed by atoms with Gasteiger partial charge in [-0.3, -0.25) is 4.79 Å². The van der Waals surface area contributed by atoms with Gasteiger partial charge in [0.05, 0.1) is 20.3 Å². The lowest BCUT2D eigenvalue weighted by Gasteiger charge is -2.37. The number of piperazine rings is 1. The van der Waals surface area contributed by atoms with Crippen LogP contribution in [0.15, 0.2) is 58.1 Å². The number of benzene rings is 2. The molecule has 1 fully saturated rings. The number of ether oxygens (including phenoxy) is 3. The van der Waals surface area contributed by atoms with Crippen LogP contribution in [0.4, 0.5) is 10.5 Å². The van der Waals surface area contributed by atoms with Crippen molar-refractivity contribution in [3.63, 3.8) is 0 Å². The molecule has 0 unspecified atom stereocenters.